The monoisotopic (exact) mass is 367 g/mol. The molecule has 1 aliphatic heterocycles. The van der Waals surface area contributed by atoms with E-state index in [9.17, 15) is 9.59 Å². The number of nitrogens with one attached hydrogen (secondary N) is 1. The van der Waals surface area contributed by atoms with Gasteiger partial charge >= 0.3 is 0 Å². The van der Waals surface area contributed by atoms with Gasteiger partial charge < -0.3 is 16.0 Å². The van der Waals surface area contributed by atoms with E-state index in [1.807, 2.05) is 18.2 Å². The van der Waals surface area contributed by atoms with Crippen LogP contribution in [0, 0.1) is 5.92 Å². The van der Waals surface area contributed by atoms with E-state index in [0.29, 0.717) is 25.6 Å². The van der Waals surface area contributed by atoms with Crippen LogP contribution in [0.4, 0.5) is 5.69 Å². The molecule has 0 bridgehead atoms. The predicted molar refractivity (Wildman–Crippen MR) is 104 cm³/mol. The third-order valence-corrected chi connectivity index (χ3v) is 4.80. The Kier molecular flexibility index (Phi) is 8.93. The van der Waals surface area contributed by atoms with Crippen molar-refractivity contribution in [2.45, 2.75) is 45.4 Å². The van der Waals surface area contributed by atoms with Crippen molar-refractivity contribution in [2.75, 3.05) is 24.5 Å². The fourth-order valence-electron chi connectivity index (χ4n) is 3.11. The Hall–Kier alpha value is -1.59. The van der Waals surface area contributed by atoms with Gasteiger partial charge in [0.05, 0.1) is 5.92 Å². The lowest BCUT2D eigenvalue weighted by Crippen LogP contribution is -2.33. The van der Waals surface area contributed by atoms with Crippen molar-refractivity contribution in [3.63, 3.8) is 0 Å². The minimum Gasteiger partial charge on any atom is -0.356 e. The Morgan fingerprint density at radius 2 is 2.08 bits per heavy atom. The number of carbonyl (C=O) groups is 2. The number of nitrogens with zero attached hydrogens (tertiary/aromatic N) is 1. The number of nitrogens with two attached hydrogens (primary N) is 1. The third kappa shape index (κ3) is 5.44. The lowest BCUT2D eigenvalue weighted by molar-refractivity contribution is -0.126. The fourth-order valence-corrected chi connectivity index (χ4v) is 3.11. The van der Waals surface area contributed by atoms with Gasteiger partial charge in [-0.25, -0.2) is 0 Å². The SMILES string of the molecule is CCC(C)c1ccccc1N1CC(C(=O)NCCCCN)CC1=O.Cl. The topological polar surface area (TPSA) is 75.4 Å². The molecule has 1 aliphatic rings. The molecule has 1 heterocycles. The first-order chi connectivity index (χ1) is 11.6. The van der Waals surface area contributed by atoms with Gasteiger partial charge in [0.1, 0.15) is 0 Å². The van der Waals surface area contributed by atoms with E-state index in [2.05, 4.69) is 25.2 Å². The lowest BCUT2D eigenvalue weighted by atomic mass is 9.96. The van der Waals surface area contributed by atoms with Crippen LogP contribution in [0.25, 0.3) is 0 Å². The molecule has 140 valence electrons. The summed E-state index contributed by atoms with van der Waals surface area (Å²) in [6.07, 6.45) is 3.09. The van der Waals surface area contributed by atoms with Gasteiger partial charge in [-0.15, -0.1) is 12.4 Å². The summed E-state index contributed by atoms with van der Waals surface area (Å²) in [6.45, 7) is 6.04. The number of amides is 2. The predicted octanol–water partition coefficient (Wildman–Crippen LogP) is 2.83. The molecule has 0 aromatic heterocycles. The maximum atomic E-state index is 12.5. The maximum absolute atomic E-state index is 12.5. The summed E-state index contributed by atoms with van der Waals surface area (Å²) >= 11 is 0. The molecule has 0 aliphatic carbocycles. The summed E-state index contributed by atoms with van der Waals surface area (Å²) in [6, 6.07) is 8.03. The summed E-state index contributed by atoms with van der Waals surface area (Å²) in [5.74, 6) is 0.134. The average molecular weight is 368 g/mol. The quantitative estimate of drug-likeness (QED) is 0.694. The van der Waals surface area contributed by atoms with Crippen molar-refractivity contribution >= 4 is 29.9 Å². The number of para-hydroxylation sites is 1. The van der Waals surface area contributed by atoms with E-state index < -0.39 is 0 Å². The first-order valence-electron chi connectivity index (χ1n) is 8.95. The minimum atomic E-state index is -0.264. The Balaban J connectivity index is 0.00000312. The highest BCUT2D eigenvalue weighted by atomic mass is 35.5. The molecule has 6 heteroatoms. The molecule has 2 atom stereocenters. The maximum Gasteiger partial charge on any atom is 0.227 e. The molecule has 2 amide bonds. The van der Waals surface area contributed by atoms with Crippen LogP contribution in [0.3, 0.4) is 0 Å². The highest BCUT2D eigenvalue weighted by Crippen LogP contribution is 2.33. The Labute approximate surface area is 156 Å². The van der Waals surface area contributed by atoms with Crippen molar-refractivity contribution in [1.82, 2.24) is 5.32 Å². The molecule has 1 fully saturated rings. The number of anilines is 1. The van der Waals surface area contributed by atoms with Crippen LogP contribution < -0.4 is 16.0 Å². The Morgan fingerprint density at radius 3 is 2.76 bits per heavy atom. The zero-order chi connectivity index (χ0) is 17.5. The lowest BCUT2D eigenvalue weighted by Gasteiger charge is -2.23. The molecular weight excluding hydrogens is 338 g/mol. The summed E-state index contributed by atoms with van der Waals surface area (Å²) in [5, 5.41) is 2.93. The van der Waals surface area contributed by atoms with Crippen molar-refractivity contribution in [3.8, 4) is 0 Å². The van der Waals surface area contributed by atoms with Crippen LogP contribution in [0.2, 0.25) is 0 Å². The zero-order valence-electron chi connectivity index (χ0n) is 15.2. The zero-order valence-corrected chi connectivity index (χ0v) is 16.0. The molecule has 0 spiro atoms. The van der Waals surface area contributed by atoms with E-state index >= 15 is 0 Å². The second kappa shape index (κ2) is 10.4. The van der Waals surface area contributed by atoms with Crippen LogP contribution in [0.5, 0.6) is 0 Å². The summed E-state index contributed by atoms with van der Waals surface area (Å²) in [5.41, 5.74) is 7.59. The van der Waals surface area contributed by atoms with Gasteiger partial charge in [0.2, 0.25) is 11.8 Å². The first-order valence-corrected chi connectivity index (χ1v) is 8.95. The largest absolute Gasteiger partial charge is 0.356 e. The van der Waals surface area contributed by atoms with Crippen LogP contribution >= 0.6 is 12.4 Å². The van der Waals surface area contributed by atoms with Crippen LogP contribution in [-0.2, 0) is 9.59 Å². The van der Waals surface area contributed by atoms with E-state index in [4.69, 9.17) is 5.73 Å². The molecule has 25 heavy (non-hydrogen) atoms. The van der Waals surface area contributed by atoms with E-state index in [1.54, 1.807) is 4.90 Å². The second-order valence-corrected chi connectivity index (χ2v) is 6.56. The molecule has 1 saturated heterocycles. The third-order valence-electron chi connectivity index (χ3n) is 4.80. The number of rotatable bonds is 8. The number of unbranched alkanes of at least 4 members (excludes halogenated alkanes) is 1. The molecule has 5 nitrogen and oxygen atoms in total. The fraction of sp³-hybridized carbons (Fsp3) is 0.579. The molecule has 0 saturated carbocycles. The minimum absolute atomic E-state index is 0. The smallest absolute Gasteiger partial charge is 0.227 e. The normalized spacial score (nSPS) is 18.0. The van der Waals surface area contributed by atoms with E-state index in [-0.39, 0.29) is 36.6 Å². The highest BCUT2D eigenvalue weighted by molar-refractivity contribution is 6.00. The molecule has 0 radical (unpaired) electrons. The van der Waals surface area contributed by atoms with Crippen molar-refractivity contribution in [3.05, 3.63) is 29.8 Å². The highest BCUT2D eigenvalue weighted by Gasteiger charge is 2.35. The van der Waals surface area contributed by atoms with Crippen molar-refractivity contribution < 1.29 is 9.59 Å². The van der Waals surface area contributed by atoms with Gasteiger partial charge in [-0.05, 0) is 43.4 Å². The summed E-state index contributed by atoms with van der Waals surface area (Å²) in [4.78, 5) is 26.5. The molecule has 3 N–H and O–H groups in total. The number of benzene rings is 1. The molecule has 1 aromatic rings. The van der Waals surface area contributed by atoms with Gasteiger partial charge in [-0.2, -0.15) is 0 Å². The number of carbonyl (C=O) groups excluding carboxylic acids is 2. The average Bonchev–Trinajstić information content (AvgIpc) is 2.99. The van der Waals surface area contributed by atoms with Gasteiger partial charge in [0.15, 0.2) is 0 Å². The van der Waals surface area contributed by atoms with Gasteiger partial charge in [0, 0.05) is 25.2 Å². The van der Waals surface area contributed by atoms with Crippen LogP contribution in [-0.4, -0.2) is 31.4 Å². The van der Waals surface area contributed by atoms with Crippen LogP contribution in [0.1, 0.15) is 51.0 Å². The Morgan fingerprint density at radius 1 is 1.36 bits per heavy atom. The standard InChI is InChI=1S/C19H29N3O2.ClH/c1-3-14(2)16-8-4-5-9-17(16)22-13-15(12-18(22)23)19(24)21-11-7-6-10-20;/h4-5,8-9,14-15H,3,6-7,10-13,20H2,1-2H3,(H,21,24);1H. The Bertz CT molecular complexity index is 580. The summed E-state index contributed by atoms with van der Waals surface area (Å²) < 4.78 is 0. The van der Waals surface area contributed by atoms with Crippen molar-refractivity contribution in [2.24, 2.45) is 11.7 Å². The molecular formula is C19H30ClN3O2. The number of hydrogen-bond donors (Lipinski definition) is 2. The second-order valence-electron chi connectivity index (χ2n) is 6.56. The summed E-state index contributed by atoms with van der Waals surface area (Å²) in [7, 11) is 0. The van der Waals surface area contributed by atoms with E-state index in [1.165, 1.54) is 5.56 Å². The van der Waals surface area contributed by atoms with Gasteiger partial charge in [-0.3, -0.25) is 9.59 Å². The van der Waals surface area contributed by atoms with Crippen LogP contribution in [0.15, 0.2) is 24.3 Å². The molecule has 1 aromatic carbocycles. The first kappa shape index (κ1) is 21.5. The molecule has 2 unspecified atom stereocenters. The van der Waals surface area contributed by atoms with Gasteiger partial charge in [-0.1, -0.05) is 32.0 Å². The number of halogens is 1. The molecule has 2 rings (SSSR count). The number of hydrogen-bond acceptors (Lipinski definition) is 3. The van der Waals surface area contributed by atoms with Gasteiger partial charge in [0.25, 0.3) is 0 Å². The van der Waals surface area contributed by atoms with Crippen molar-refractivity contribution in [1.29, 1.82) is 0 Å². The van der Waals surface area contributed by atoms with E-state index in [0.717, 1.165) is 24.9 Å².